The van der Waals surface area contributed by atoms with E-state index in [0.717, 1.165) is 29.5 Å². The fourth-order valence-electron chi connectivity index (χ4n) is 3.50. The Morgan fingerprint density at radius 1 is 1.10 bits per heavy atom. The third-order valence-electron chi connectivity index (χ3n) is 5.01. The Bertz CT molecular complexity index is 1220. The van der Waals surface area contributed by atoms with Gasteiger partial charge in [-0.05, 0) is 18.2 Å². The lowest BCUT2D eigenvalue weighted by molar-refractivity contribution is -0.117. The van der Waals surface area contributed by atoms with Crippen LogP contribution in [0.25, 0.3) is 22.8 Å². The molecular formula is C21H15F2N5O2. The molecule has 1 saturated heterocycles. The molecule has 2 aromatic heterocycles. The van der Waals surface area contributed by atoms with Gasteiger partial charge in [0.05, 0.1) is 11.4 Å². The van der Waals surface area contributed by atoms with Gasteiger partial charge in [0.25, 0.3) is 5.89 Å². The highest BCUT2D eigenvalue weighted by atomic mass is 19.1. The topological polar surface area (TPSA) is 87.9 Å². The number of hydrogen-bond donors (Lipinski definition) is 1. The standard InChI is InChI=1S/C21H15F2N5O2/c22-14-6-7-15(23)18(9-14)28-11-13(8-19(28)29)20-24-21(30-27-20)17-10-16(25-26-17)12-4-2-1-3-5-12/h1-7,9-10,13H,8,11H2,(H,25,26). The highest BCUT2D eigenvalue weighted by Gasteiger charge is 2.36. The fraction of sp³-hybridized carbons (Fsp3) is 0.143. The molecule has 4 aromatic rings. The van der Waals surface area contributed by atoms with Crippen LogP contribution >= 0.6 is 0 Å². The first-order valence-corrected chi connectivity index (χ1v) is 9.29. The van der Waals surface area contributed by atoms with Crippen molar-refractivity contribution >= 4 is 11.6 Å². The number of rotatable bonds is 4. The maximum atomic E-state index is 14.1. The van der Waals surface area contributed by atoms with Gasteiger partial charge in [0.15, 0.2) is 5.82 Å². The van der Waals surface area contributed by atoms with Gasteiger partial charge in [0, 0.05) is 30.5 Å². The zero-order valence-corrected chi connectivity index (χ0v) is 15.5. The summed E-state index contributed by atoms with van der Waals surface area (Å²) in [7, 11) is 0. The van der Waals surface area contributed by atoms with Gasteiger partial charge in [-0.25, -0.2) is 8.78 Å². The molecule has 0 spiro atoms. The van der Waals surface area contributed by atoms with E-state index in [9.17, 15) is 13.6 Å². The van der Waals surface area contributed by atoms with Crippen LogP contribution in [0.5, 0.6) is 0 Å². The van der Waals surface area contributed by atoms with Crippen LogP contribution in [0.1, 0.15) is 18.2 Å². The molecule has 1 unspecified atom stereocenters. The van der Waals surface area contributed by atoms with Crippen LogP contribution < -0.4 is 4.90 Å². The minimum absolute atomic E-state index is 0.0766. The van der Waals surface area contributed by atoms with Gasteiger partial charge in [-0.3, -0.25) is 9.89 Å². The number of anilines is 1. The van der Waals surface area contributed by atoms with Crippen molar-refractivity contribution in [3.63, 3.8) is 0 Å². The Balaban J connectivity index is 1.37. The number of hydrogen-bond acceptors (Lipinski definition) is 5. The summed E-state index contributed by atoms with van der Waals surface area (Å²) in [6, 6.07) is 14.4. The molecule has 30 heavy (non-hydrogen) atoms. The molecule has 1 aliphatic rings. The largest absolute Gasteiger partial charge is 0.332 e. The summed E-state index contributed by atoms with van der Waals surface area (Å²) < 4.78 is 32.9. The first kappa shape index (κ1) is 18.2. The summed E-state index contributed by atoms with van der Waals surface area (Å²) in [5.74, 6) is -1.43. The molecule has 9 heteroatoms. The SMILES string of the molecule is O=C1CC(c2noc(-c3cc(-c4ccccc4)n[nH]3)n2)CN1c1cc(F)ccc1F. The summed E-state index contributed by atoms with van der Waals surface area (Å²) in [5.41, 5.74) is 2.13. The van der Waals surface area contributed by atoms with Crippen LogP contribution in [0.15, 0.2) is 59.1 Å². The van der Waals surface area contributed by atoms with Crippen LogP contribution in [0, 0.1) is 11.6 Å². The first-order valence-electron chi connectivity index (χ1n) is 9.29. The number of nitrogens with zero attached hydrogens (tertiary/aromatic N) is 4. The zero-order chi connectivity index (χ0) is 20.7. The minimum atomic E-state index is -0.662. The normalized spacial score (nSPS) is 16.4. The highest BCUT2D eigenvalue weighted by Crippen LogP contribution is 2.33. The van der Waals surface area contributed by atoms with Crippen LogP contribution in [0.3, 0.4) is 0 Å². The van der Waals surface area contributed by atoms with Gasteiger partial charge in [-0.15, -0.1) is 0 Å². The van der Waals surface area contributed by atoms with Crippen LogP contribution in [-0.4, -0.2) is 32.8 Å². The Labute approximate surface area is 169 Å². The molecule has 1 aliphatic heterocycles. The fourth-order valence-corrected chi connectivity index (χ4v) is 3.50. The van der Waals surface area contributed by atoms with Crippen molar-refractivity contribution in [3.05, 3.63) is 72.1 Å². The van der Waals surface area contributed by atoms with Crippen molar-refractivity contribution in [2.45, 2.75) is 12.3 Å². The number of nitrogens with one attached hydrogen (secondary N) is 1. The summed E-state index contributed by atoms with van der Waals surface area (Å²) >= 11 is 0. The molecule has 0 radical (unpaired) electrons. The molecule has 1 N–H and O–H groups in total. The molecule has 1 amide bonds. The molecule has 0 saturated carbocycles. The van der Waals surface area contributed by atoms with Crippen molar-refractivity contribution in [1.82, 2.24) is 20.3 Å². The number of carbonyl (C=O) groups excluding carboxylic acids is 1. The van der Waals surface area contributed by atoms with E-state index >= 15 is 0 Å². The maximum absolute atomic E-state index is 14.1. The molecule has 1 fully saturated rings. The van der Waals surface area contributed by atoms with E-state index in [1.165, 1.54) is 4.90 Å². The van der Waals surface area contributed by atoms with E-state index in [1.807, 2.05) is 30.3 Å². The summed E-state index contributed by atoms with van der Waals surface area (Å²) in [6.07, 6.45) is 0.0766. The molecule has 1 atom stereocenters. The number of aromatic amines is 1. The van der Waals surface area contributed by atoms with E-state index in [2.05, 4.69) is 20.3 Å². The Morgan fingerprint density at radius 3 is 2.77 bits per heavy atom. The number of aromatic nitrogens is 4. The Kier molecular flexibility index (Phi) is 4.35. The highest BCUT2D eigenvalue weighted by molar-refractivity contribution is 5.96. The number of amides is 1. The average Bonchev–Trinajstić information content (AvgIpc) is 3.49. The van der Waals surface area contributed by atoms with Gasteiger partial charge in [0.1, 0.15) is 17.3 Å². The molecule has 7 nitrogen and oxygen atoms in total. The number of benzene rings is 2. The second kappa shape index (κ2) is 7.18. The summed E-state index contributed by atoms with van der Waals surface area (Å²) in [4.78, 5) is 18.0. The van der Waals surface area contributed by atoms with E-state index in [-0.39, 0.29) is 30.5 Å². The Morgan fingerprint density at radius 2 is 1.93 bits per heavy atom. The van der Waals surface area contributed by atoms with Gasteiger partial charge < -0.3 is 9.42 Å². The molecule has 3 heterocycles. The smallest absolute Gasteiger partial charge is 0.275 e. The predicted molar refractivity (Wildman–Crippen MR) is 103 cm³/mol. The van der Waals surface area contributed by atoms with Crippen molar-refractivity contribution in [1.29, 1.82) is 0 Å². The van der Waals surface area contributed by atoms with Gasteiger partial charge in [-0.2, -0.15) is 10.1 Å². The van der Waals surface area contributed by atoms with Crippen molar-refractivity contribution in [2.75, 3.05) is 11.4 Å². The lowest BCUT2D eigenvalue weighted by atomic mass is 10.1. The second-order valence-electron chi connectivity index (χ2n) is 6.99. The molecule has 0 aliphatic carbocycles. The first-order chi connectivity index (χ1) is 14.6. The van der Waals surface area contributed by atoms with E-state index < -0.39 is 17.6 Å². The number of halogens is 2. The lowest BCUT2D eigenvalue weighted by Crippen LogP contribution is -2.25. The van der Waals surface area contributed by atoms with E-state index in [0.29, 0.717) is 11.5 Å². The maximum Gasteiger partial charge on any atom is 0.275 e. The van der Waals surface area contributed by atoms with E-state index in [4.69, 9.17) is 4.52 Å². The van der Waals surface area contributed by atoms with Crippen molar-refractivity contribution in [2.24, 2.45) is 0 Å². The number of H-pyrrole nitrogens is 1. The van der Waals surface area contributed by atoms with Crippen molar-refractivity contribution < 1.29 is 18.1 Å². The second-order valence-corrected chi connectivity index (χ2v) is 6.99. The predicted octanol–water partition coefficient (Wildman–Crippen LogP) is 3.93. The van der Waals surface area contributed by atoms with Crippen LogP contribution in [-0.2, 0) is 4.79 Å². The van der Waals surface area contributed by atoms with Crippen LogP contribution in [0.4, 0.5) is 14.5 Å². The van der Waals surface area contributed by atoms with Gasteiger partial charge >= 0.3 is 0 Å². The quantitative estimate of drug-likeness (QED) is 0.554. The molecule has 0 bridgehead atoms. The third kappa shape index (κ3) is 3.24. The minimum Gasteiger partial charge on any atom is -0.332 e. The molecule has 5 rings (SSSR count). The average molecular weight is 407 g/mol. The monoisotopic (exact) mass is 407 g/mol. The van der Waals surface area contributed by atoms with Crippen molar-refractivity contribution in [3.8, 4) is 22.8 Å². The number of carbonyl (C=O) groups is 1. The van der Waals surface area contributed by atoms with Gasteiger partial charge in [-0.1, -0.05) is 35.5 Å². The zero-order valence-electron chi connectivity index (χ0n) is 15.5. The van der Waals surface area contributed by atoms with Gasteiger partial charge in [0.2, 0.25) is 5.91 Å². The lowest BCUT2D eigenvalue weighted by Gasteiger charge is -2.16. The van der Waals surface area contributed by atoms with Crippen LogP contribution in [0.2, 0.25) is 0 Å². The third-order valence-corrected chi connectivity index (χ3v) is 5.01. The summed E-state index contributed by atoms with van der Waals surface area (Å²) in [6.45, 7) is 0.135. The molecule has 2 aromatic carbocycles. The van der Waals surface area contributed by atoms with E-state index in [1.54, 1.807) is 6.07 Å². The molecule has 150 valence electrons. The Hall–Kier alpha value is -3.88. The summed E-state index contributed by atoms with van der Waals surface area (Å²) in [5, 5.41) is 11.1. The molecular weight excluding hydrogens is 392 g/mol.